The van der Waals surface area contributed by atoms with Crippen LogP contribution in [0.5, 0.6) is 5.75 Å². The second-order valence-corrected chi connectivity index (χ2v) is 4.55. The molecule has 0 atom stereocenters. The van der Waals surface area contributed by atoms with Crippen LogP contribution in [0.4, 0.5) is 0 Å². The van der Waals surface area contributed by atoms with Gasteiger partial charge in [0.15, 0.2) is 0 Å². The molecule has 1 aromatic carbocycles. The van der Waals surface area contributed by atoms with E-state index < -0.39 is 0 Å². The van der Waals surface area contributed by atoms with Crippen LogP contribution in [0.15, 0.2) is 18.2 Å². The molecule has 0 radical (unpaired) electrons. The third-order valence-corrected chi connectivity index (χ3v) is 2.98. The number of benzene rings is 1. The van der Waals surface area contributed by atoms with Gasteiger partial charge in [0.1, 0.15) is 11.8 Å². The van der Waals surface area contributed by atoms with E-state index in [0.29, 0.717) is 23.5 Å². The highest BCUT2D eigenvalue weighted by atomic mass is 16.5. The molecule has 0 aliphatic rings. The van der Waals surface area contributed by atoms with E-state index in [-0.39, 0.29) is 0 Å². The fourth-order valence-electron chi connectivity index (χ4n) is 1.88. The fourth-order valence-corrected chi connectivity index (χ4v) is 1.88. The van der Waals surface area contributed by atoms with Gasteiger partial charge in [-0.2, -0.15) is 10.5 Å². The van der Waals surface area contributed by atoms with E-state index in [0.717, 1.165) is 12.8 Å². The summed E-state index contributed by atoms with van der Waals surface area (Å²) in [5.74, 6) is 0.579. The van der Waals surface area contributed by atoms with Crippen LogP contribution in [0.25, 0.3) is 0 Å². The lowest BCUT2D eigenvalue weighted by atomic mass is 10.1. The predicted octanol–water partition coefficient (Wildman–Crippen LogP) is 4.17. The van der Waals surface area contributed by atoms with Crippen LogP contribution in [0, 0.1) is 22.7 Å². The highest BCUT2D eigenvalue weighted by Crippen LogP contribution is 2.19. The zero-order chi connectivity index (χ0) is 13.9. The summed E-state index contributed by atoms with van der Waals surface area (Å²) in [5, 5.41) is 17.8. The smallest absolute Gasteiger partial charge is 0.137 e. The first-order valence-corrected chi connectivity index (χ1v) is 6.89. The maximum atomic E-state index is 9.00. The summed E-state index contributed by atoms with van der Waals surface area (Å²) in [6, 6.07) is 9.03. The summed E-state index contributed by atoms with van der Waals surface area (Å²) in [4.78, 5) is 0. The summed E-state index contributed by atoms with van der Waals surface area (Å²) < 4.78 is 5.60. The minimum absolute atomic E-state index is 0.435. The molecule has 19 heavy (non-hydrogen) atoms. The second kappa shape index (κ2) is 9.00. The zero-order valence-corrected chi connectivity index (χ0v) is 11.5. The summed E-state index contributed by atoms with van der Waals surface area (Å²) in [7, 11) is 0. The standard InChI is InChI=1S/C16H20N2O/c1-2-3-4-5-6-7-10-19-16-9-8-14(12-17)11-15(16)13-18/h8-9,11H,2-7,10H2,1H3. The Morgan fingerprint density at radius 2 is 1.74 bits per heavy atom. The minimum atomic E-state index is 0.435. The molecule has 0 saturated carbocycles. The van der Waals surface area contributed by atoms with E-state index in [1.807, 2.05) is 6.07 Å². The van der Waals surface area contributed by atoms with Crippen LogP contribution < -0.4 is 4.74 Å². The molecular formula is C16H20N2O. The molecule has 1 aromatic rings. The Morgan fingerprint density at radius 1 is 1.00 bits per heavy atom. The van der Waals surface area contributed by atoms with E-state index in [2.05, 4.69) is 13.0 Å². The molecule has 1 rings (SSSR count). The Balaban J connectivity index is 2.34. The van der Waals surface area contributed by atoms with Crippen LogP contribution in [-0.2, 0) is 0 Å². The van der Waals surface area contributed by atoms with Crippen molar-refractivity contribution in [2.45, 2.75) is 45.4 Å². The summed E-state index contributed by atoms with van der Waals surface area (Å²) >= 11 is 0. The molecule has 0 aromatic heterocycles. The average molecular weight is 256 g/mol. The predicted molar refractivity (Wildman–Crippen MR) is 74.7 cm³/mol. The number of nitrogens with zero attached hydrogens (tertiary/aromatic N) is 2. The molecule has 0 aliphatic heterocycles. The van der Waals surface area contributed by atoms with Gasteiger partial charge in [-0.1, -0.05) is 39.0 Å². The average Bonchev–Trinajstić information content (AvgIpc) is 2.46. The lowest BCUT2D eigenvalue weighted by Crippen LogP contribution is -1.99. The van der Waals surface area contributed by atoms with Gasteiger partial charge in [-0.25, -0.2) is 0 Å². The molecule has 3 heteroatoms. The molecule has 0 aliphatic carbocycles. The fraction of sp³-hybridized carbons (Fsp3) is 0.500. The van der Waals surface area contributed by atoms with Crippen molar-refractivity contribution in [3.63, 3.8) is 0 Å². The molecule has 0 unspecified atom stereocenters. The van der Waals surface area contributed by atoms with Gasteiger partial charge in [0.05, 0.1) is 23.8 Å². The van der Waals surface area contributed by atoms with Crippen molar-refractivity contribution in [2.24, 2.45) is 0 Å². The highest BCUT2D eigenvalue weighted by Gasteiger charge is 2.04. The molecule has 0 bridgehead atoms. The third kappa shape index (κ3) is 5.44. The van der Waals surface area contributed by atoms with Gasteiger partial charge in [0, 0.05) is 0 Å². The molecule has 100 valence electrons. The Labute approximate surface area is 115 Å². The Bertz CT molecular complexity index is 469. The van der Waals surface area contributed by atoms with Crippen molar-refractivity contribution in [3.8, 4) is 17.9 Å². The molecule has 0 heterocycles. The van der Waals surface area contributed by atoms with Gasteiger partial charge in [-0.05, 0) is 24.6 Å². The largest absolute Gasteiger partial charge is 0.492 e. The lowest BCUT2D eigenvalue weighted by Gasteiger charge is -2.07. The number of hydrogen-bond donors (Lipinski definition) is 0. The Hall–Kier alpha value is -2.00. The van der Waals surface area contributed by atoms with Gasteiger partial charge in [0.2, 0.25) is 0 Å². The van der Waals surface area contributed by atoms with Crippen LogP contribution in [0.1, 0.15) is 56.6 Å². The molecule has 3 nitrogen and oxygen atoms in total. The summed E-state index contributed by atoms with van der Waals surface area (Å²) in [6.07, 6.45) is 7.27. The Kier molecular flexibility index (Phi) is 7.13. The first kappa shape index (κ1) is 15.1. The van der Waals surface area contributed by atoms with Crippen molar-refractivity contribution >= 4 is 0 Å². The highest BCUT2D eigenvalue weighted by molar-refractivity contribution is 5.48. The number of hydrogen-bond acceptors (Lipinski definition) is 3. The zero-order valence-electron chi connectivity index (χ0n) is 11.5. The first-order chi connectivity index (χ1) is 9.31. The van der Waals surface area contributed by atoms with Crippen LogP contribution >= 0.6 is 0 Å². The molecule has 0 amide bonds. The van der Waals surface area contributed by atoms with Crippen molar-refractivity contribution in [3.05, 3.63) is 29.3 Å². The van der Waals surface area contributed by atoms with Gasteiger partial charge in [0.25, 0.3) is 0 Å². The monoisotopic (exact) mass is 256 g/mol. The van der Waals surface area contributed by atoms with Crippen LogP contribution in [0.2, 0.25) is 0 Å². The molecule has 0 N–H and O–H groups in total. The minimum Gasteiger partial charge on any atom is -0.492 e. The van der Waals surface area contributed by atoms with Crippen LogP contribution in [0.3, 0.4) is 0 Å². The maximum Gasteiger partial charge on any atom is 0.137 e. The van der Waals surface area contributed by atoms with E-state index >= 15 is 0 Å². The summed E-state index contributed by atoms with van der Waals surface area (Å²) in [6.45, 7) is 2.84. The number of unbranched alkanes of at least 4 members (excludes halogenated alkanes) is 5. The quantitative estimate of drug-likeness (QED) is 0.656. The van der Waals surface area contributed by atoms with E-state index in [1.54, 1.807) is 18.2 Å². The molecule has 0 saturated heterocycles. The number of nitriles is 2. The SMILES string of the molecule is CCCCCCCCOc1ccc(C#N)cc1C#N. The van der Waals surface area contributed by atoms with Crippen molar-refractivity contribution < 1.29 is 4.74 Å². The van der Waals surface area contributed by atoms with Gasteiger partial charge in [-0.3, -0.25) is 0 Å². The van der Waals surface area contributed by atoms with Crippen LogP contribution in [-0.4, -0.2) is 6.61 Å². The summed E-state index contributed by atoms with van der Waals surface area (Å²) in [5.41, 5.74) is 0.925. The van der Waals surface area contributed by atoms with Gasteiger partial charge >= 0.3 is 0 Å². The van der Waals surface area contributed by atoms with Gasteiger partial charge in [-0.15, -0.1) is 0 Å². The van der Waals surface area contributed by atoms with Crippen molar-refractivity contribution in [1.82, 2.24) is 0 Å². The first-order valence-electron chi connectivity index (χ1n) is 6.89. The van der Waals surface area contributed by atoms with Gasteiger partial charge < -0.3 is 4.74 Å². The molecule has 0 spiro atoms. The number of rotatable bonds is 8. The lowest BCUT2D eigenvalue weighted by molar-refractivity contribution is 0.303. The maximum absolute atomic E-state index is 9.00. The van der Waals surface area contributed by atoms with E-state index in [4.69, 9.17) is 15.3 Å². The number of ether oxygens (including phenoxy) is 1. The third-order valence-electron chi connectivity index (χ3n) is 2.98. The second-order valence-electron chi connectivity index (χ2n) is 4.55. The molecular weight excluding hydrogens is 236 g/mol. The normalized spacial score (nSPS) is 9.63. The molecule has 0 fully saturated rings. The Morgan fingerprint density at radius 3 is 2.42 bits per heavy atom. The van der Waals surface area contributed by atoms with E-state index in [9.17, 15) is 0 Å². The topological polar surface area (TPSA) is 56.8 Å². The van der Waals surface area contributed by atoms with Crippen molar-refractivity contribution in [2.75, 3.05) is 6.61 Å². The van der Waals surface area contributed by atoms with Crippen molar-refractivity contribution in [1.29, 1.82) is 10.5 Å². The van der Waals surface area contributed by atoms with E-state index in [1.165, 1.54) is 25.7 Å².